The molecule has 0 aliphatic rings. The molecule has 1 aromatic carbocycles. The summed E-state index contributed by atoms with van der Waals surface area (Å²) in [4.78, 5) is 0. The summed E-state index contributed by atoms with van der Waals surface area (Å²) in [6.07, 6.45) is 2.56. The minimum atomic E-state index is 0.637. The summed E-state index contributed by atoms with van der Waals surface area (Å²) in [6, 6.07) is 8.71. The predicted molar refractivity (Wildman–Crippen MR) is 74.7 cm³/mol. The number of benzene rings is 1. The predicted octanol–water partition coefficient (Wildman–Crippen LogP) is 5.36. The Kier molecular flexibility index (Phi) is 5.91. The van der Waals surface area contributed by atoms with Gasteiger partial charge in [0.05, 0.1) is 0 Å². The van der Waals surface area contributed by atoms with Gasteiger partial charge < -0.3 is 0 Å². The number of halogens is 2. The molecule has 0 radical (unpaired) electrons. The molecule has 0 spiro atoms. The zero-order valence-corrected chi connectivity index (χ0v) is 12.5. The zero-order valence-electron chi connectivity index (χ0n) is 9.34. The molecule has 15 heavy (non-hydrogen) atoms. The van der Waals surface area contributed by atoms with Crippen molar-refractivity contribution in [3.05, 3.63) is 34.3 Å². The highest BCUT2D eigenvalue weighted by Crippen LogP contribution is 2.30. The molecular weight excluding hydrogens is 316 g/mol. The summed E-state index contributed by atoms with van der Waals surface area (Å²) in [5.74, 6) is 1.38. The Bertz CT molecular complexity index is 279. The average Bonchev–Trinajstić information content (AvgIpc) is 2.22. The van der Waals surface area contributed by atoms with Crippen molar-refractivity contribution in [2.24, 2.45) is 5.92 Å². The molecule has 0 aliphatic carbocycles. The van der Waals surface area contributed by atoms with Crippen molar-refractivity contribution in [2.75, 3.05) is 5.33 Å². The van der Waals surface area contributed by atoms with Gasteiger partial charge in [0, 0.05) is 9.80 Å². The largest absolute Gasteiger partial charge is 0.0921 e. The van der Waals surface area contributed by atoms with Crippen LogP contribution in [0.1, 0.15) is 38.2 Å². The molecule has 0 aromatic heterocycles. The first-order chi connectivity index (χ1) is 7.19. The normalized spacial score (nSPS) is 14.9. The maximum absolute atomic E-state index is 3.63. The Morgan fingerprint density at radius 2 is 1.80 bits per heavy atom. The van der Waals surface area contributed by atoms with Gasteiger partial charge in [0.25, 0.3) is 0 Å². The molecule has 0 saturated heterocycles. The van der Waals surface area contributed by atoms with E-state index in [9.17, 15) is 0 Å². The standard InChI is InChI=1S/C13H18Br2/c1-3-4-10(2)13(9-14)11-5-7-12(15)8-6-11/h5-8,10,13H,3-4,9H2,1-2H3. The Labute approximate surface area is 110 Å². The van der Waals surface area contributed by atoms with Crippen molar-refractivity contribution < 1.29 is 0 Å². The van der Waals surface area contributed by atoms with Crippen LogP contribution in [0.3, 0.4) is 0 Å². The third kappa shape index (κ3) is 3.92. The molecule has 0 heterocycles. The summed E-state index contributed by atoms with van der Waals surface area (Å²) in [7, 11) is 0. The second-order valence-electron chi connectivity index (χ2n) is 4.08. The van der Waals surface area contributed by atoms with Crippen LogP contribution in [0.5, 0.6) is 0 Å². The Balaban J connectivity index is 2.77. The lowest BCUT2D eigenvalue weighted by Crippen LogP contribution is -2.11. The second kappa shape index (κ2) is 6.70. The van der Waals surface area contributed by atoms with Gasteiger partial charge in [-0.15, -0.1) is 0 Å². The lowest BCUT2D eigenvalue weighted by atomic mass is 9.86. The molecule has 0 N–H and O–H groups in total. The first kappa shape index (κ1) is 13.2. The van der Waals surface area contributed by atoms with Crippen molar-refractivity contribution in [1.29, 1.82) is 0 Å². The molecule has 0 amide bonds. The molecular formula is C13H18Br2. The van der Waals surface area contributed by atoms with Crippen LogP contribution in [0.4, 0.5) is 0 Å². The van der Waals surface area contributed by atoms with Gasteiger partial charge >= 0.3 is 0 Å². The molecule has 0 saturated carbocycles. The summed E-state index contributed by atoms with van der Waals surface area (Å²) in [5, 5.41) is 1.05. The zero-order chi connectivity index (χ0) is 11.3. The van der Waals surface area contributed by atoms with Crippen LogP contribution in [-0.4, -0.2) is 5.33 Å². The average molecular weight is 334 g/mol. The summed E-state index contributed by atoms with van der Waals surface area (Å²) < 4.78 is 1.16. The van der Waals surface area contributed by atoms with E-state index in [1.54, 1.807) is 0 Å². The van der Waals surface area contributed by atoms with E-state index in [1.165, 1.54) is 18.4 Å². The Morgan fingerprint density at radius 3 is 2.27 bits per heavy atom. The lowest BCUT2D eigenvalue weighted by Gasteiger charge is -2.22. The molecule has 0 aliphatic heterocycles. The third-order valence-corrected chi connectivity index (χ3v) is 4.12. The van der Waals surface area contributed by atoms with E-state index in [4.69, 9.17) is 0 Å². The first-order valence-electron chi connectivity index (χ1n) is 5.50. The Morgan fingerprint density at radius 1 is 1.20 bits per heavy atom. The van der Waals surface area contributed by atoms with Crippen LogP contribution < -0.4 is 0 Å². The molecule has 1 rings (SSSR count). The van der Waals surface area contributed by atoms with Gasteiger partial charge in [-0.05, 0) is 29.5 Å². The van der Waals surface area contributed by atoms with Crippen molar-refractivity contribution in [3.8, 4) is 0 Å². The van der Waals surface area contributed by atoms with Crippen molar-refractivity contribution >= 4 is 31.9 Å². The fourth-order valence-corrected chi connectivity index (χ4v) is 3.21. The van der Waals surface area contributed by atoms with Crippen LogP contribution >= 0.6 is 31.9 Å². The third-order valence-electron chi connectivity index (χ3n) is 2.90. The molecule has 0 fully saturated rings. The maximum Gasteiger partial charge on any atom is 0.0175 e. The van der Waals surface area contributed by atoms with Gasteiger partial charge in [0.1, 0.15) is 0 Å². The molecule has 2 atom stereocenters. The fourth-order valence-electron chi connectivity index (χ4n) is 1.94. The molecule has 2 heteroatoms. The van der Waals surface area contributed by atoms with Crippen molar-refractivity contribution in [2.45, 2.75) is 32.6 Å². The van der Waals surface area contributed by atoms with Crippen LogP contribution in [0.15, 0.2) is 28.7 Å². The fraction of sp³-hybridized carbons (Fsp3) is 0.538. The molecule has 1 aromatic rings. The van der Waals surface area contributed by atoms with E-state index in [0.717, 1.165) is 15.7 Å². The molecule has 0 nitrogen and oxygen atoms in total. The highest BCUT2D eigenvalue weighted by molar-refractivity contribution is 9.10. The molecule has 2 unspecified atom stereocenters. The highest BCUT2D eigenvalue weighted by atomic mass is 79.9. The smallest absolute Gasteiger partial charge is 0.0175 e. The molecule has 0 bridgehead atoms. The van der Waals surface area contributed by atoms with E-state index in [0.29, 0.717) is 5.92 Å². The monoisotopic (exact) mass is 332 g/mol. The van der Waals surface area contributed by atoms with E-state index in [1.807, 2.05) is 0 Å². The summed E-state index contributed by atoms with van der Waals surface area (Å²) in [6.45, 7) is 4.60. The van der Waals surface area contributed by atoms with Gasteiger partial charge in [-0.1, -0.05) is 70.7 Å². The van der Waals surface area contributed by atoms with Crippen molar-refractivity contribution in [3.63, 3.8) is 0 Å². The SMILES string of the molecule is CCCC(C)C(CBr)c1ccc(Br)cc1. The highest BCUT2D eigenvalue weighted by Gasteiger charge is 2.17. The lowest BCUT2D eigenvalue weighted by molar-refractivity contribution is 0.454. The van der Waals surface area contributed by atoms with Crippen LogP contribution in [0.2, 0.25) is 0 Å². The minimum Gasteiger partial charge on any atom is -0.0921 e. The maximum atomic E-state index is 3.63. The van der Waals surface area contributed by atoms with Gasteiger partial charge in [0.15, 0.2) is 0 Å². The minimum absolute atomic E-state index is 0.637. The van der Waals surface area contributed by atoms with Gasteiger partial charge in [-0.2, -0.15) is 0 Å². The van der Waals surface area contributed by atoms with Gasteiger partial charge in [-0.3, -0.25) is 0 Å². The number of hydrogen-bond donors (Lipinski definition) is 0. The van der Waals surface area contributed by atoms with E-state index in [-0.39, 0.29) is 0 Å². The van der Waals surface area contributed by atoms with Crippen molar-refractivity contribution in [1.82, 2.24) is 0 Å². The van der Waals surface area contributed by atoms with E-state index < -0.39 is 0 Å². The Hall–Kier alpha value is 0.180. The van der Waals surface area contributed by atoms with E-state index in [2.05, 4.69) is 70.0 Å². The van der Waals surface area contributed by atoms with Gasteiger partial charge in [0.2, 0.25) is 0 Å². The summed E-state index contributed by atoms with van der Waals surface area (Å²) >= 11 is 7.10. The number of rotatable bonds is 5. The second-order valence-corrected chi connectivity index (χ2v) is 5.64. The van der Waals surface area contributed by atoms with Crippen LogP contribution in [-0.2, 0) is 0 Å². The van der Waals surface area contributed by atoms with Gasteiger partial charge in [-0.25, -0.2) is 0 Å². The van der Waals surface area contributed by atoms with E-state index >= 15 is 0 Å². The summed E-state index contributed by atoms with van der Waals surface area (Å²) in [5.41, 5.74) is 1.44. The number of hydrogen-bond acceptors (Lipinski definition) is 0. The van der Waals surface area contributed by atoms with Crippen LogP contribution in [0, 0.1) is 5.92 Å². The van der Waals surface area contributed by atoms with Crippen LogP contribution in [0.25, 0.3) is 0 Å². The topological polar surface area (TPSA) is 0 Å². The quantitative estimate of drug-likeness (QED) is 0.636. The number of alkyl halides is 1. The molecule has 84 valence electrons. The first-order valence-corrected chi connectivity index (χ1v) is 7.42.